The predicted octanol–water partition coefficient (Wildman–Crippen LogP) is 3.17. The molecule has 0 radical (unpaired) electrons. The van der Waals surface area contributed by atoms with Crippen LogP contribution < -0.4 is 5.32 Å². The molecule has 1 saturated heterocycles. The summed E-state index contributed by atoms with van der Waals surface area (Å²) in [6.45, 7) is 7.58. The molecule has 3 fully saturated rings. The Balaban J connectivity index is 1.57. The maximum absolute atomic E-state index is 3.86. The van der Waals surface area contributed by atoms with Crippen molar-refractivity contribution in [2.45, 2.75) is 70.3 Å². The third-order valence-corrected chi connectivity index (χ3v) is 5.56. The van der Waals surface area contributed by atoms with Crippen molar-refractivity contribution in [2.75, 3.05) is 26.2 Å². The molecule has 0 aromatic rings. The van der Waals surface area contributed by atoms with Crippen LogP contribution in [0.15, 0.2) is 0 Å². The number of nitrogens with zero attached hydrogens (tertiary/aromatic N) is 1. The molecule has 0 atom stereocenters. The summed E-state index contributed by atoms with van der Waals surface area (Å²) in [4.78, 5) is 2.80. The van der Waals surface area contributed by atoms with E-state index >= 15 is 0 Å². The zero-order valence-corrected chi connectivity index (χ0v) is 12.1. The van der Waals surface area contributed by atoms with Crippen LogP contribution in [0.25, 0.3) is 0 Å². The number of piperazine rings is 1. The molecular formula is C16H30N2. The standard InChI is InChI=1S/C16H30N2/c1-2-6-15(9-10-15)13-18-12-11-17-16(14-18)7-4-3-5-8-16/h17H,2-14H2,1H3. The summed E-state index contributed by atoms with van der Waals surface area (Å²) in [7, 11) is 0. The first-order valence-electron chi connectivity index (χ1n) is 8.23. The summed E-state index contributed by atoms with van der Waals surface area (Å²) in [5.74, 6) is 0. The van der Waals surface area contributed by atoms with Gasteiger partial charge < -0.3 is 5.32 Å². The molecule has 0 bridgehead atoms. The fourth-order valence-corrected chi connectivity index (χ4v) is 4.41. The topological polar surface area (TPSA) is 15.3 Å². The summed E-state index contributed by atoms with van der Waals surface area (Å²) in [6, 6.07) is 0. The van der Waals surface area contributed by atoms with Gasteiger partial charge in [0.2, 0.25) is 0 Å². The average Bonchev–Trinajstić information content (AvgIpc) is 3.10. The van der Waals surface area contributed by atoms with Crippen LogP contribution in [0.5, 0.6) is 0 Å². The van der Waals surface area contributed by atoms with E-state index in [0.717, 1.165) is 5.41 Å². The lowest BCUT2D eigenvalue weighted by Crippen LogP contribution is -2.61. The molecule has 1 heterocycles. The van der Waals surface area contributed by atoms with E-state index in [9.17, 15) is 0 Å². The van der Waals surface area contributed by atoms with E-state index in [1.165, 1.54) is 84.0 Å². The van der Waals surface area contributed by atoms with Crippen LogP contribution in [0.3, 0.4) is 0 Å². The van der Waals surface area contributed by atoms with E-state index in [1.807, 2.05) is 0 Å². The maximum Gasteiger partial charge on any atom is 0.0309 e. The first-order chi connectivity index (χ1) is 8.76. The molecule has 1 N–H and O–H groups in total. The van der Waals surface area contributed by atoms with E-state index < -0.39 is 0 Å². The van der Waals surface area contributed by atoms with Crippen molar-refractivity contribution in [2.24, 2.45) is 5.41 Å². The van der Waals surface area contributed by atoms with Gasteiger partial charge in [-0.1, -0.05) is 32.6 Å². The van der Waals surface area contributed by atoms with Crippen LogP contribution >= 0.6 is 0 Å². The molecule has 1 aliphatic heterocycles. The van der Waals surface area contributed by atoms with Crippen molar-refractivity contribution >= 4 is 0 Å². The van der Waals surface area contributed by atoms with E-state index in [1.54, 1.807) is 0 Å². The Morgan fingerprint density at radius 2 is 1.83 bits per heavy atom. The highest BCUT2D eigenvalue weighted by Gasteiger charge is 2.45. The fourth-order valence-electron chi connectivity index (χ4n) is 4.41. The lowest BCUT2D eigenvalue weighted by Gasteiger charge is -2.47. The van der Waals surface area contributed by atoms with Gasteiger partial charge in [0.1, 0.15) is 0 Å². The van der Waals surface area contributed by atoms with E-state index in [0.29, 0.717) is 5.54 Å². The maximum atomic E-state index is 3.86. The lowest BCUT2D eigenvalue weighted by atomic mass is 9.80. The third-order valence-electron chi connectivity index (χ3n) is 5.56. The van der Waals surface area contributed by atoms with Crippen molar-refractivity contribution < 1.29 is 0 Å². The second-order valence-corrected chi connectivity index (χ2v) is 7.23. The number of nitrogens with one attached hydrogen (secondary N) is 1. The monoisotopic (exact) mass is 250 g/mol. The normalized spacial score (nSPS) is 30.5. The van der Waals surface area contributed by atoms with Crippen LogP contribution in [-0.2, 0) is 0 Å². The molecule has 0 aromatic heterocycles. The SMILES string of the molecule is CCCC1(CN2CCNC3(CCCCC3)C2)CC1. The molecule has 2 heteroatoms. The van der Waals surface area contributed by atoms with Crippen LogP contribution in [0.1, 0.15) is 64.7 Å². The zero-order chi connectivity index (χ0) is 12.5. The molecule has 2 nitrogen and oxygen atoms in total. The molecule has 3 rings (SSSR count). The first-order valence-corrected chi connectivity index (χ1v) is 8.23. The molecule has 18 heavy (non-hydrogen) atoms. The van der Waals surface area contributed by atoms with Gasteiger partial charge in [0.25, 0.3) is 0 Å². The summed E-state index contributed by atoms with van der Waals surface area (Å²) < 4.78 is 0. The van der Waals surface area contributed by atoms with Gasteiger partial charge in [0, 0.05) is 31.7 Å². The molecule has 0 unspecified atom stereocenters. The highest BCUT2D eigenvalue weighted by molar-refractivity contribution is 5.01. The Bertz CT molecular complexity index is 271. The fraction of sp³-hybridized carbons (Fsp3) is 1.00. The van der Waals surface area contributed by atoms with E-state index in [4.69, 9.17) is 0 Å². The van der Waals surface area contributed by atoms with E-state index in [2.05, 4.69) is 17.1 Å². The van der Waals surface area contributed by atoms with Gasteiger partial charge in [-0.05, 0) is 37.5 Å². The van der Waals surface area contributed by atoms with Crippen molar-refractivity contribution in [3.8, 4) is 0 Å². The van der Waals surface area contributed by atoms with Crippen LogP contribution in [-0.4, -0.2) is 36.6 Å². The molecular weight excluding hydrogens is 220 g/mol. The Morgan fingerprint density at radius 1 is 1.06 bits per heavy atom. The summed E-state index contributed by atoms with van der Waals surface area (Å²) in [6.07, 6.45) is 13.0. The minimum absolute atomic E-state index is 0.499. The van der Waals surface area contributed by atoms with Crippen molar-refractivity contribution in [3.05, 3.63) is 0 Å². The van der Waals surface area contributed by atoms with Gasteiger partial charge in [-0.25, -0.2) is 0 Å². The zero-order valence-electron chi connectivity index (χ0n) is 12.1. The molecule has 104 valence electrons. The molecule has 0 aromatic carbocycles. The number of hydrogen-bond donors (Lipinski definition) is 1. The van der Waals surface area contributed by atoms with Gasteiger partial charge in [-0.15, -0.1) is 0 Å². The van der Waals surface area contributed by atoms with Crippen molar-refractivity contribution in [1.82, 2.24) is 10.2 Å². The smallest absolute Gasteiger partial charge is 0.0309 e. The molecule has 0 amide bonds. The van der Waals surface area contributed by atoms with Crippen molar-refractivity contribution in [3.63, 3.8) is 0 Å². The second-order valence-electron chi connectivity index (χ2n) is 7.23. The van der Waals surface area contributed by atoms with Crippen LogP contribution in [0.4, 0.5) is 0 Å². The Morgan fingerprint density at radius 3 is 2.50 bits per heavy atom. The van der Waals surface area contributed by atoms with Crippen LogP contribution in [0, 0.1) is 5.41 Å². The highest BCUT2D eigenvalue weighted by Crippen LogP contribution is 2.50. The van der Waals surface area contributed by atoms with E-state index in [-0.39, 0.29) is 0 Å². The van der Waals surface area contributed by atoms with Crippen molar-refractivity contribution in [1.29, 1.82) is 0 Å². The quantitative estimate of drug-likeness (QED) is 0.824. The minimum Gasteiger partial charge on any atom is -0.309 e. The Kier molecular flexibility index (Phi) is 3.68. The van der Waals surface area contributed by atoms with Gasteiger partial charge in [-0.3, -0.25) is 4.90 Å². The first kappa shape index (κ1) is 12.9. The Hall–Kier alpha value is -0.0800. The van der Waals surface area contributed by atoms with Gasteiger partial charge in [-0.2, -0.15) is 0 Å². The largest absolute Gasteiger partial charge is 0.309 e. The van der Waals surface area contributed by atoms with Gasteiger partial charge >= 0.3 is 0 Å². The number of hydrogen-bond acceptors (Lipinski definition) is 2. The highest BCUT2D eigenvalue weighted by atomic mass is 15.2. The molecule has 2 aliphatic carbocycles. The van der Waals surface area contributed by atoms with Gasteiger partial charge in [0.05, 0.1) is 0 Å². The Labute approximate surface area is 113 Å². The predicted molar refractivity (Wildman–Crippen MR) is 76.8 cm³/mol. The minimum atomic E-state index is 0.499. The average molecular weight is 250 g/mol. The van der Waals surface area contributed by atoms with Gasteiger partial charge in [0.15, 0.2) is 0 Å². The summed E-state index contributed by atoms with van der Waals surface area (Å²) >= 11 is 0. The third kappa shape index (κ3) is 2.75. The lowest BCUT2D eigenvalue weighted by molar-refractivity contribution is 0.0820. The molecule has 3 aliphatic rings. The molecule has 2 saturated carbocycles. The number of rotatable bonds is 4. The summed E-state index contributed by atoms with van der Waals surface area (Å²) in [5.41, 5.74) is 1.24. The molecule has 1 spiro atoms. The second kappa shape index (κ2) is 5.13. The van der Waals surface area contributed by atoms with Crippen LogP contribution in [0.2, 0.25) is 0 Å². The summed E-state index contributed by atoms with van der Waals surface area (Å²) in [5, 5.41) is 3.86.